The molecule has 1 aromatic heterocycles. The molecule has 2 heterocycles. The van der Waals surface area contributed by atoms with E-state index >= 15 is 0 Å². The monoisotopic (exact) mass is 283 g/mol. The van der Waals surface area contributed by atoms with Crippen molar-refractivity contribution in [2.45, 2.75) is 31.8 Å². The number of amides is 2. The minimum atomic E-state index is -1.26. The third-order valence-electron chi connectivity index (χ3n) is 3.22. The minimum absolute atomic E-state index is 0.176. The summed E-state index contributed by atoms with van der Waals surface area (Å²) >= 11 is 0. The Morgan fingerprint density at radius 3 is 2.70 bits per heavy atom. The van der Waals surface area contributed by atoms with Crippen molar-refractivity contribution in [2.75, 3.05) is 13.2 Å². The normalized spacial score (nSPS) is 17.4. The van der Waals surface area contributed by atoms with Crippen molar-refractivity contribution in [3.8, 4) is 0 Å². The smallest absolute Gasteiger partial charge is 0.329 e. The summed E-state index contributed by atoms with van der Waals surface area (Å²) in [6.07, 6.45) is 0.498. The first kappa shape index (κ1) is 14.3. The van der Waals surface area contributed by atoms with Crippen LogP contribution < -0.4 is 10.6 Å². The number of hydrogen-bond acceptors (Lipinski definition) is 5. The van der Waals surface area contributed by atoms with Crippen LogP contribution in [0, 0.1) is 6.92 Å². The van der Waals surface area contributed by atoms with Gasteiger partial charge in [-0.25, -0.2) is 9.59 Å². The Hall–Kier alpha value is -2.09. The fourth-order valence-electron chi connectivity index (χ4n) is 2.05. The van der Waals surface area contributed by atoms with Crippen LogP contribution in [-0.4, -0.2) is 41.0 Å². The summed E-state index contributed by atoms with van der Waals surface area (Å²) in [5, 5.41) is 18.1. The van der Waals surface area contributed by atoms with Gasteiger partial charge in [0.05, 0.1) is 6.54 Å². The Morgan fingerprint density at radius 2 is 2.15 bits per heavy atom. The second-order valence-corrected chi connectivity index (χ2v) is 4.74. The molecule has 0 radical (unpaired) electrons. The van der Waals surface area contributed by atoms with Gasteiger partial charge in [-0.15, -0.1) is 0 Å². The van der Waals surface area contributed by atoms with Crippen LogP contribution in [0.4, 0.5) is 4.79 Å². The lowest BCUT2D eigenvalue weighted by atomic mass is 9.90. The number of aliphatic carboxylic acids is 1. The zero-order valence-corrected chi connectivity index (χ0v) is 11.1. The van der Waals surface area contributed by atoms with Crippen LogP contribution in [0.15, 0.2) is 10.6 Å². The van der Waals surface area contributed by atoms with E-state index in [4.69, 9.17) is 9.26 Å². The van der Waals surface area contributed by atoms with E-state index in [0.717, 1.165) is 0 Å². The molecule has 0 bridgehead atoms. The average molecular weight is 283 g/mol. The Morgan fingerprint density at radius 1 is 1.45 bits per heavy atom. The zero-order chi connectivity index (χ0) is 14.6. The number of hydrogen-bond donors (Lipinski definition) is 3. The van der Waals surface area contributed by atoms with E-state index in [9.17, 15) is 14.7 Å². The van der Waals surface area contributed by atoms with Crippen LogP contribution >= 0.6 is 0 Å². The summed E-state index contributed by atoms with van der Waals surface area (Å²) in [5.74, 6) is -0.401. The van der Waals surface area contributed by atoms with Gasteiger partial charge < -0.3 is 25.0 Å². The molecule has 1 aromatic rings. The lowest BCUT2D eigenvalue weighted by molar-refractivity contribution is -0.148. The molecular formula is C12H17N3O5. The van der Waals surface area contributed by atoms with E-state index in [1.165, 1.54) is 0 Å². The number of ether oxygens (including phenoxy) is 1. The first-order chi connectivity index (χ1) is 9.52. The molecule has 0 saturated carbocycles. The zero-order valence-electron chi connectivity index (χ0n) is 11.1. The number of rotatable bonds is 4. The molecule has 110 valence electrons. The molecular weight excluding hydrogens is 266 g/mol. The van der Waals surface area contributed by atoms with Gasteiger partial charge in [0.25, 0.3) is 0 Å². The van der Waals surface area contributed by atoms with E-state index in [2.05, 4.69) is 15.8 Å². The van der Waals surface area contributed by atoms with Gasteiger partial charge >= 0.3 is 12.0 Å². The highest BCUT2D eigenvalue weighted by Crippen LogP contribution is 2.20. The molecule has 1 fully saturated rings. The summed E-state index contributed by atoms with van der Waals surface area (Å²) in [4.78, 5) is 23.2. The Kier molecular flexibility index (Phi) is 4.23. The maximum atomic E-state index is 11.8. The molecule has 1 aliphatic heterocycles. The number of aryl methyl sites for hydroxylation is 1. The van der Waals surface area contributed by atoms with Crippen LogP contribution in [0.3, 0.4) is 0 Å². The second kappa shape index (κ2) is 5.91. The van der Waals surface area contributed by atoms with Crippen molar-refractivity contribution in [2.24, 2.45) is 0 Å². The van der Waals surface area contributed by atoms with Crippen LogP contribution in [0.25, 0.3) is 0 Å². The van der Waals surface area contributed by atoms with Crippen molar-refractivity contribution in [1.82, 2.24) is 15.8 Å². The van der Waals surface area contributed by atoms with E-state index in [0.29, 0.717) is 24.7 Å². The standard InChI is InChI=1S/C12H17N3O5/c1-8-6-9(15-20-8)7-13-11(18)14-12(10(16)17)2-4-19-5-3-12/h6H,2-5,7H2,1H3,(H,16,17)(H2,13,14,18). The van der Waals surface area contributed by atoms with E-state index in [-0.39, 0.29) is 19.4 Å². The lowest BCUT2D eigenvalue weighted by Gasteiger charge is -2.33. The molecule has 20 heavy (non-hydrogen) atoms. The molecule has 1 aliphatic rings. The van der Waals surface area contributed by atoms with Crippen LogP contribution in [-0.2, 0) is 16.1 Å². The molecule has 2 rings (SSSR count). The largest absolute Gasteiger partial charge is 0.480 e. The molecule has 3 N–H and O–H groups in total. The summed E-state index contributed by atoms with van der Waals surface area (Å²) in [6, 6.07) is 1.15. The Balaban J connectivity index is 1.90. The highest BCUT2D eigenvalue weighted by Gasteiger charge is 2.41. The maximum Gasteiger partial charge on any atom is 0.329 e. The molecule has 1 saturated heterocycles. The highest BCUT2D eigenvalue weighted by molar-refractivity contribution is 5.86. The predicted molar refractivity (Wildman–Crippen MR) is 67.0 cm³/mol. The van der Waals surface area contributed by atoms with Crippen LogP contribution in [0.1, 0.15) is 24.3 Å². The summed E-state index contributed by atoms with van der Waals surface area (Å²) in [7, 11) is 0. The predicted octanol–water partition coefficient (Wildman–Crippen LogP) is 0.416. The summed E-state index contributed by atoms with van der Waals surface area (Å²) in [6.45, 7) is 2.55. The molecule has 0 aromatic carbocycles. The Bertz CT molecular complexity index is 493. The number of nitrogens with one attached hydrogen (secondary N) is 2. The van der Waals surface area contributed by atoms with Crippen molar-refractivity contribution in [1.29, 1.82) is 0 Å². The fraction of sp³-hybridized carbons (Fsp3) is 0.583. The van der Waals surface area contributed by atoms with E-state index in [1.54, 1.807) is 13.0 Å². The SMILES string of the molecule is Cc1cc(CNC(=O)NC2(C(=O)O)CCOCC2)no1. The topological polar surface area (TPSA) is 114 Å². The summed E-state index contributed by atoms with van der Waals surface area (Å²) in [5.41, 5.74) is -0.684. The number of carboxylic acids is 1. The van der Waals surface area contributed by atoms with Crippen LogP contribution in [0.2, 0.25) is 0 Å². The Labute approximate surface area is 115 Å². The highest BCUT2D eigenvalue weighted by atomic mass is 16.5. The van der Waals surface area contributed by atoms with Gasteiger partial charge in [0, 0.05) is 32.1 Å². The number of nitrogens with zero attached hydrogens (tertiary/aromatic N) is 1. The lowest BCUT2D eigenvalue weighted by Crippen LogP contribution is -2.59. The number of urea groups is 1. The van der Waals surface area contributed by atoms with Gasteiger partial charge in [-0.3, -0.25) is 0 Å². The molecule has 2 amide bonds. The van der Waals surface area contributed by atoms with Gasteiger partial charge in [-0.1, -0.05) is 5.16 Å². The van der Waals surface area contributed by atoms with Gasteiger partial charge in [0.1, 0.15) is 17.0 Å². The minimum Gasteiger partial charge on any atom is -0.480 e. The average Bonchev–Trinajstić information content (AvgIpc) is 2.83. The number of carbonyl (C=O) groups excluding carboxylic acids is 1. The quantitative estimate of drug-likeness (QED) is 0.737. The molecule has 0 unspecified atom stereocenters. The van der Waals surface area contributed by atoms with E-state index < -0.39 is 17.5 Å². The first-order valence-electron chi connectivity index (χ1n) is 6.31. The van der Waals surface area contributed by atoms with E-state index in [1.807, 2.05) is 0 Å². The molecule has 0 spiro atoms. The van der Waals surface area contributed by atoms with Crippen molar-refractivity contribution in [3.05, 3.63) is 17.5 Å². The van der Waals surface area contributed by atoms with Crippen molar-refractivity contribution >= 4 is 12.0 Å². The van der Waals surface area contributed by atoms with Gasteiger partial charge in [-0.05, 0) is 6.92 Å². The fourth-order valence-corrected chi connectivity index (χ4v) is 2.05. The summed E-state index contributed by atoms with van der Waals surface area (Å²) < 4.78 is 10.0. The third kappa shape index (κ3) is 3.27. The van der Waals surface area contributed by atoms with Crippen LogP contribution in [0.5, 0.6) is 0 Å². The van der Waals surface area contributed by atoms with Gasteiger partial charge in [0.2, 0.25) is 0 Å². The third-order valence-corrected chi connectivity index (χ3v) is 3.22. The number of carboxylic acid groups (broad SMARTS) is 1. The second-order valence-electron chi connectivity index (χ2n) is 4.74. The molecule has 0 atom stereocenters. The van der Waals surface area contributed by atoms with Gasteiger partial charge in [-0.2, -0.15) is 0 Å². The molecule has 8 heteroatoms. The first-order valence-corrected chi connectivity index (χ1v) is 6.31. The molecule has 8 nitrogen and oxygen atoms in total. The van der Waals surface area contributed by atoms with Crippen molar-refractivity contribution in [3.63, 3.8) is 0 Å². The number of aromatic nitrogens is 1. The molecule has 0 aliphatic carbocycles. The van der Waals surface area contributed by atoms with Crippen molar-refractivity contribution < 1.29 is 24.0 Å². The number of carbonyl (C=O) groups is 2. The maximum absolute atomic E-state index is 11.8. The van der Waals surface area contributed by atoms with Gasteiger partial charge in [0.15, 0.2) is 0 Å².